The van der Waals surface area contributed by atoms with Crippen LogP contribution >= 0.6 is 0 Å². The average Bonchev–Trinajstić information content (AvgIpc) is 1.90. The van der Waals surface area contributed by atoms with Crippen molar-refractivity contribution in [3.05, 3.63) is 24.3 Å². The minimum atomic E-state index is 0.174. The summed E-state index contributed by atoms with van der Waals surface area (Å²) < 4.78 is 5.05. The van der Waals surface area contributed by atoms with Crippen LogP contribution in [0.5, 0.6) is 0 Å². The van der Waals surface area contributed by atoms with Crippen molar-refractivity contribution in [2.24, 2.45) is 0 Å². The fraction of sp³-hybridized carbons (Fsp3) is 0.500. The average molecular weight is 126 g/mol. The standard InChI is InChI=1S/C8H14O/c1-5-8(6-2)7(3)9-4/h5-7H,1H2,2-4H3/b8-6+. The van der Waals surface area contributed by atoms with Crippen molar-refractivity contribution in [1.29, 1.82) is 0 Å². The first-order valence-electron chi connectivity index (χ1n) is 3.07. The van der Waals surface area contributed by atoms with Crippen LogP contribution in [0.25, 0.3) is 0 Å². The van der Waals surface area contributed by atoms with Gasteiger partial charge >= 0.3 is 0 Å². The summed E-state index contributed by atoms with van der Waals surface area (Å²) in [7, 11) is 1.69. The van der Waals surface area contributed by atoms with E-state index in [1.54, 1.807) is 7.11 Å². The number of hydrogen-bond acceptors (Lipinski definition) is 1. The predicted molar refractivity (Wildman–Crippen MR) is 40.4 cm³/mol. The molecule has 0 aliphatic rings. The van der Waals surface area contributed by atoms with E-state index < -0.39 is 0 Å². The first-order chi connectivity index (χ1) is 4.26. The van der Waals surface area contributed by atoms with E-state index in [0.717, 1.165) is 5.57 Å². The van der Waals surface area contributed by atoms with E-state index in [2.05, 4.69) is 6.58 Å². The molecule has 1 unspecified atom stereocenters. The Morgan fingerprint density at radius 1 is 1.67 bits per heavy atom. The molecule has 0 aromatic heterocycles. The van der Waals surface area contributed by atoms with Crippen LogP contribution in [-0.2, 0) is 4.74 Å². The molecule has 0 rings (SSSR count). The molecule has 0 amide bonds. The summed E-state index contributed by atoms with van der Waals surface area (Å²) in [5, 5.41) is 0. The van der Waals surface area contributed by atoms with E-state index in [-0.39, 0.29) is 6.10 Å². The minimum absolute atomic E-state index is 0.174. The minimum Gasteiger partial charge on any atom is -0.377 e. The van der Waals surface area contributed by atoms with Crippen molar-refractivity contribution in [1.82, 2.24) is 0 Å². The Hall–Kier alpha value is -0.560. The lowest BCUT2D eigenvalue weighted by atomic mass is 10.1. The Balaban J connectivity index is 3.95. The van der Waals surface area contributed by atoms with Crippen LogP contribution in [0.2, 0.25) is 0 Å². The largest absolute Gasteiger partial charge is 0.377 e. The van der Waals surface area contributed by atoms with E-state index in [0.29, 0.717) is 0 Å². The van der Waals surface area contributed by atoms with Gasteiger partial charge < -0.3 is 4.74 Å². The molecule has 0 spiro atoms. The van der Waals surface area contributed by atoms with Gasteiger partial charge in [0.2, 0.25) is 0 Å². The van der Waals surface area contributed by atoms with Gasteiger partial charge in [0.05, 0.1) is 6.10 Å². The molecule has 0 radical (unpaired) electrons. The Kier molecular flexibility index (Phi) is 4.06. The highest BCUT2D eigenvalue weighted by Gasteiger charge is 1.99. The van der Waals surface area contributed by atoms with Crippen LogP contribution in [0, 0.1) is 0 Å². The van der Waals surface area contributed by atoms with E-state index >= 15 is 0 Å². The second-order valence-electron chi connectivity index (χ2n) is 1.87. The van der Waals surface area contributed by atoms with Gasteiger partial charge in [-0.3, -0.25) is 0 Å². The first-order valence-corrected chi connectivity index (χ1v) is 3.07. The molecule has 0 aromatic carbocycles. The zero-order valence-corrected chi connectivity index (χ0v) is 6.35. The molecule has 0 aliphatic heterocycles. The first kappa shape index (κ1) is 8.44. The van der Waals surface area contributed by atoms with Crippen LogP contribution < -0.4 is 0 Å². The summed E-state index contributed by atoms with van der Waals surface area (Å²) in [5.74, 6) is 0. The van der Waals surface area contributed by atoms with Gasteiger partial charge in [0.25, 0.3) is 0 Å². The second kappa shape index (κ2) is 4.33. The van der Waals surface area contributed by atoms with Crippen molar-refractivity contribution in [2.45, 2.75) is 20.0 Å². The molecule has 1 atom stereocenters. The highest BCUT2D eigenvalue weighted by atomic mass is 16.5. The van der Waals surface area contributed by atoms with E-state index in [4.69, 9.17) is 4.74 Å². The summed E-state index contributed by atoms with van der Waals surface area (Å²) in [6.07, 6.45) is 3.99. The predicted octanol–water partition coefficient (Wildman–Crippen LogP) is 2.15. The summed E-state index contributed by atoms with van der Waals surface area (Å²) in [6.45, 7) is 7.63. The van der Waals surface area contributed by atoms with Gasteiger partial charge in [-0.25, -0.2) is 0 Å². The molecule has 52 valence electrons. The summed E-state index contributed by atoms with van der Waals surface area (Å²) in [4.78, 5) is 0. The van der Waals surface area contributed by atoms with Gasteiger partial charge in [-0.15, -0.1) is 0 Å². The molecule has 9 heavy (non-hydrogen) atoms. The van der Waals surface area contributed by atoms with Crippen molar-refractivity contribution >= 4 is 0 Å². The molecule has 0 saturated carbocycles. The van der Waals surface area contributed by atoms with Crippen LogP contribution in [-0.4, -0.2) is 13.2 Å². The van der Waals surface area contributed by atoms with Gasteiger partial charge in [0.1, 0.15) is 0 Å². The lowest BCUT2D eigenvalue weighted by Gasteiger charge is -2.08. The van der Waals surface area contributed by atoms with Gasteiger partial charge in [-0.05, 0) is 19.4 Å². The smallest absolute Gasteiger partial charge is 0.0789 e. The van der Waals surface area contributed by atoms with E-state index in [1.165, 1.54) is 0 Å². The third kappa shape index (κ3) is 2.47. The SMILES string of the molecule is C=C/C(=C\C)C(C)OC. The van der Waals surface area contributed by atoms with Crippen LogP contribution in [0.3, 0.4) is 0 Å². The monoisotopic (exact) mass is 126 g/mol. The molecular weight excluding hydrogens is 112 g/mol. The number of rotatable bonds is 3. The molecular formula is C8H14O. The zero-order valence-electron chi connectivity index (χ0n) is 6.35. The summed E-state index contributed by atoms with van der Waals surface area (Å²) in [6, 6.07) is 0. The Morgan fingerprint density at radius 3 is 2.33 bits per heavy atom. The third-order valence-corrected chi connectivity index (χ3v) is 1.39. The van der Waals surface area contributed by atoms with E-state index in [9.17, 15) is 0 Å². The van der Waals surface area contributed by atoms with Gasteiger partial charge in [-0.2, -0.15) is 0 Å². The maximum atomic E-state index is 5.05. The Bertz CT molecular complexity index is 114. The topological polar surface area (TPSA) is 9.23 Å². The molecule has 0 N–H and O–H groups in total. The highest BCUT2D eigenvalue weighted by molar-refractivity contribution is 5.19. The Labute approximate surface area is 57.0 Å². The van der Waals surface area contributed by atoms with Crippen molar-refractivity contribution in [3.63, 3.8) is 0 Å². The quantitative estimate of drug-likeness (QED) is 0.526. The third-order valence-electron chi connectivity index (χ3n) is 1.39. The fourth-order valence-electron chi connectivity index (χ4n) is 0.655. The molecule has 0 bridgehead atoms. The van der Waals surface area contributed by atoms with Crippen LogP contribution in [0.4, 0.5) is 0 Å². The fourth-order valence-corrected chi connectivity index (χ4v) is 0.655. The zero-order chi connectivity index (χ0) is 7.28. The number of hydrogen-bond donors (Lipinski definition) is 0. The number of allylic oxidation sites excluding steroid dienone is 1. The summed E-state index contributed by atoms with van der Waals surface area (Å²) in [5.41, 5.74) is 1.14. The molecule has 0 fully saturated rings. The molecule has 0 saturated heterocycles. The normalized spacial score (nSPS) is 15.2. The molecule has 0 aromatic rings. The molecule has 1 heteroatoms. The van der Waals surface area contributed by atoms with Crippen LogP contribution in [0.1, 0.15) is 13.8 Å². The van der Waals surface area contributed by atoms with Gasteiger partial charge in [-0.1, -0.05) is 18.7 Å². The van der Waals surface area contributed by atoms with Gasteiger partial charge in [0, 0.05) is 7.11 Å². The lowest BCUT2D eigenvalue weighted by molar-refractivity contribution is 0.149. The summed E-state index contributed by atoms with van der Waals surface area (Å²) >= 11 is 0. The van der Waals surface area contributed by atoms with Crippen molar-refractivity contribution < 1.29 is 4.74 Å². The molecule has 0 heterocycles. The van der Waals surface area contributed by atoms with Crippen LogP contribution in [0.15, 0.2) is 24.3 Å². The highest BCUT2D eigenvalue weighted by Crippen LogP contribution is 2.04. The number of ether oxygens (including phenoxy) is 1. The Morgan fingerprint density at radius 2 is 2.22 bits per heavy atom. The van der Waals surface area contributed by atoms with Gasteiger partial charge in [0.15, 0.2) is 0 Å². The molecule has 0 aliphatic carbocycles. The number of methoxy groups -OCH3 is 1. The second-order valence-corrected chi connectivity index (χ2v) is 1.87. The molecule has 1 nitrogen and oxygen atoms in total. The maximum absolute atomic E-state index is 5.05. The van der Waals surface area contributed by atoms with Crippen molar-refractivity contribution in [3.8, 4) is 0 Å². The van der Waals surface area contributed by atoms with Crippen molar-refractivity contribution in [2.75, 3.05) is 7.11 Å². The lowest BCUT2D eigenvalue weighted by Crippen LogP contribution is -2.05. The van der Waals surface area contributed by atoms with E-state index in [1.807, 2.05) is 26.0 Å². The maximum Gasteiger partial charge on any atom is 0.0789 e.